The van der Waals surface area contributed by atoms with Crippen LogP contribution in [0, 0.1) is 5.92 Å². The first-order chi connectivity index (χ1) is 28.1. The van der Waals surface area contributed by atoms with E-state index < -0.39 is 0 Å². The lowest BCUT2D eigenvalue weighted by Gasteiger charge is -2.36. The van der Waals surface area contributed by atoms with Crippen molar-refractivity contribution in [3.8, 4) is 0 Å². The predicted molar refractivity (Wildman–Crippen MR) is 269 cm³/mol. The molecule has 5 heterocycles. The molecule has 0 saturated carbocycles. The molecule has 0 unspecified atom stereocenters. The monoisotopic (exact) mass is 853 g/mol. The summed E-state index contributed by atoms with van der Waals surface area (Å²) in [5, 5.41) is 0. The van der Waals surface area contributed by atoms with Gasteiger partial charge in [0, 0.05) is 95.5 Å². The Hall–Kier alpha value is -0.810. The fraction of sp³-hybridized carbons (Fsp3) is 0.980. The first-order valence-electron chi connectivity index (χ1n) is 25.4. The molecule has 0 aromatic carbocycles. The lowest BCUT2D eigenvalue weighted by atomic mass is 10.1. The van der Waals surface area contributed by atoms with Crippen LogP contribution in [0.2, 0.25) is 0 Å². The van der Waals surface area contributed by atoms with Crippen molar-refractivity contribution >= 4 is 5.91 Å². The molecule has 0 atom stereocenters. The molecule has 5 aliphatic heterocycles. The molecular formula is C51H112N8O. The summed E-state index contributed by atoms with van der Waals surface area (Å²) in [6, 6.07) is 4.33. The highest BCUT2D eigenvalue weighted by molar-refractivity contribution is 5.73. The van der Waals surface area contributed by atoms with Crippen LogP contribution >= 0.6 is 0 Å². The van der Waals surface area contributed by atoms with Crippen LogP contribution in [-0.4, -0.2) is 194 Å². The third-order valence-electron chi connectivity index (χ3n) is 13.0. The minimum atomic E-state index is 0.207. The van der Waals surface area contributed by atoms with Crippen molar-refractivity contribution in [2.45, 2.75) is 211 Å². The molecule has 5 rings (SSSR count). The number of likely N-dealkylation sites (N-methyl/N-ethyl adjacent to an activating group) is 1. The van der Waals surface area contributed by atoms with E-state index in [1.54, 1.807) is 6.92 Å². The lowest BCUT2D eigenvalue weighted by Crippen LogP contribution is -2.50. The number of hydrogen-bond acceptors (Lipinski definition) is 8. The molecule has 9 nitrogen and oxygen atoms in total. The Kier molecular flexibility index (Phi) is 38.4. The lowest BCUT2D eigenvalue weighted by molar-refractivity contribution is -0.130. The average molecular weight is 854 g/mol. The SMILES string of the molecule is CC(=O)N1CCN(C(C)C)CC1.CC(C)N(C)C.CC(C)N1CCCC1.CC(C)N1CCCCC1.CC(C)N1CCCCCC1.CC(C)N1CCN(C)CC1.CCC(C)C. The van der Waals surface area contributed by atoms with Crippen molar-refractivity contribution in [3.63, 3.8) is 0 Å². The van der Waals surface area contributed by atoms with Crippen LogP contribution in [0.1, 0.15) is 175 Å². The molecule has 0 aromatic heterocycles. The highest BCUT2D eigenvalue weighted by Gasteiger charge is 2.20. The molecule has 0 spiro atoms. The second-order valence-corrected chi connectivity index (χ2v) is 20.5. The van der Waals surface area contributed by atoms with Crippen molar-refractivity contribution in [1.29, 1.82) is 0 Å². The molecule has 0 radical (unpaired) electrons. The van der Waals surface area contributed by atoms with E-state index in [1.165, 1.54) is 130 Å². The van der Waals surface area contributed by atoms with E-state index in [0.29, 0.717) is 12.1 Å². The van der Waals surface area contributed by atoms with Crippen molar-refractivity contribution in [1.82, 2.24) is 39.2 Å². The van der Waals surface area contributed by atoms with Crippen molar-refractivity contribution in [3.05, 3.63) is 0 Å². The Morgan fingerprint density at radius 1 is 0.417 bits per heavy atom. The fourth-order valence-corrected chi connectivity index (χ4v) is 7.20. The second-order valence-electron chi connectivity index (χ2n) is 20.5. The van der Waals surface area contributed by atoms with Gasteiger partial charge in [0.1, 0.15) is 0 Å². The summed E-state index contributed by atoms with van der Waals surface area (Å²) >= 11 is 0. The van der Waals surface area contributed by atoms with Gasteiger partial charge in [-0.05, 0) is 188 Å². The minimum absolute atomic E-state index is 0.207. The van der Waals surface area contributed by atoms with Gasteiger partial charge in [-0.2, -0.15) is 0 Å². The molecule has 60 heavy (non-hydrogen) atoms. The molecule has 5 fully saturated rings. The van der Waals surface area contributed by atoms with Crippen LogP contribution in [-0.2, 0) is 4.79 Å². The maximum Gasteiger partial charge on any atom is 0.219 e. The zero-order valence-corrected chi connectivity index (χ0v) is 44.5. The maximum absolute atomic E-state index is 11.0. The molecule has 0 bridgehead atoms. The summed E-state index contributed by atoms with van der Waals surface area (Å²) in [6.07, 6.45) is 14.1. The first-order valence-corrected chi connectivity index (χ1v) is 25.4. The van der Waals surface area contributed by atoms with Crippen LogP contribution in [0.15, 0.2) is 0 Å². The van der Waals surface area contributed by atoms with E-state index in [-0.39, 0.29) is 5.91 Å². The Balaban J connectivity index is 0. The number of carbonyl (C=O) groups is 1. The van der Waals surface area contributed by atoms with Gasteiger partial charge in [0.15, 0.2) is 0 Å². The van der Waals surface area contributed by atoms with E-state index in [1.807, 2.05) is 4.90 Å². The largest absolute Gasteiger partial charge is 0.340 e. The van der Waals surface area contributed by atoms with E-state index >= 15 is 0 Å². The van der Waals surface area contributed by atoms with Gasteiger partial charge in [-0.1, -0.05) is 46.5 Å². The Bertz CT molecular complexity index is 913. The Morgan fingerprint density at radius 2 is 0.633 bits per heavy atom. The summed E-state index contributed by atoms with van der Waals surface area (Å²) in [7, 11) is 6.34. The van der Waals surface area contributed by atoms with Gasteiger partial charge in [0.25, 0.3) is 0 Å². The Morgan fingerprint density at radius 3 is 0.850 bits per heavy atom. The van der Waals surface area contributed by atoms with Crippen LogP contribution in [0.3, 0.4) is 0 Å². The van der Waals surface area contributed by atoms with Crippen LogP contribution < -0.4 is 0 Å². The van der Waals surface area contributed by atoms with Crippen molar-refractivity contribution in [2.75, 3.05) is 113 Å². The number of carbonyl (C=O) groups excluding carboxylic acids is 1. The summed E-state index contributed by atoms with van der Waals surface area (Å²) in [5.74, 6) is 1.09. The van der Waals surface area contributed by atoms with Gasteiger partial charge >= 0.3 is 0 Å². The highest BCUT2D eigenvalue weighted by Crippen LogP contribution is 2.13. The van der Waals surface area contributed by atoms with E-state index in [4.69, 9.17) is 0 Å². The minimum Gasteiger partial charge on any atom is -0.340 e. The summed E-state index contributed by atoms with van der Waals surface area (Å²) in [5.41, 5.74) is 0. The van der Waals surface area contributed by atoms with Crippen molar-refractivity contribution < 1.29 is 4.79 Å². The number of nitrogens with zero attached hydrogens (tertiary/aromatic N) is 8. The van der Waals surface area contributed by atoms with Gasteiger partial charge in [-0.25, -0.2) is 0 Å². The molecule has 1 amide bonds. The summed E-state index contributed by atoms with van der Waals surface area (Å²) in [4.78, 5) is 30.1. The smallest absolute Gasteiger partial charge is 0.219 e. The molecule has 0 aliphatic carbocycles. The summed E-state index contributed by atoms with van der Waals surface area (Å²) in [6.45, 7) is 52.0. The maximum atomic E-state index is 11.0. The quantitative estimate of drug-likeness (QED) is 0.251. The molecule has 9 heteroatoms. The highest BCUT2D eigenvalue weighted by atomic mass is 16.2. The number of rotatable bonds is 7. The predicted octanol–water partition coefficient (Wildman–Crippen LogP) is 9.85. The van der Waals surface area contributed by atoms with Gasteiger partial charge in [-0.3, -0.25) is 14.6 Å². The number of piperidine rings is 1. The second kappa shape index (κ2) is 37.6. The third kappa shape index (κ3) is 33.7. The molecule has 0 aromatic rings. The van der Waals surface area contributed by atoms with E-state index in [9.17, 15) is 4.79 Å². The molecular weight excluding hydrogens is 741 g/mol. The van der Waals surface area contributed by atoms with Crippen LogP contribution in [0.5, 0.6) is 0 Å². The zero-order valence-electron chi connectivity index (χ0n) is 44.5. The Labute approximate surface area is 378 Å². The standard InChI is InChI=1S/C9H18N2O.C9H19N.C8H18N2.C8H17N.C7H15N.C5H13N.C5H12/c1-8(2)10-4-6-11(7-5-10)9(3)12;1-9(2)10-7-5-3-4-6-8-10;1-8(2)10-6-4-9(3)5-7-10;1-8(2)9-6-4-3-5-7-9;1-7(2)8-5-3-4-6-8;1-5(2)6(3)4;1-4-5(2)3/h8H,4-7H2,1-3H3;9H,3-8H2,1-2H3;8H,4-7H2,1-3H3;8H,3-7H2,1-2H3;7H,3-6H2,1-2H3;5H,1-4H3;5H,4H2,1-3H3. The van der Waals surface area contributed by atoms with Crippen LogP contribution in [0.25, 0.3) is 0 Å². The molecule has 5 aliphatic rings. The topological polar surface area (TPSA) is 43.0 Å². The van der Waals surface area contributed by atoms with Gasteiger partial charge in [0.2, 0.25) is 5.91 Å². The van der Waals surface area contributed by atoms with Gasteiger partial charge in [0.05, 0.1) is 0 Å². The zero-order chi connectivity index (χ0) is 46.2. The van der Waals surface area contributed by atoms with E-state index in [2.05, 4.69) is 159 Å². The number of likely N-dealkylation sites (tertiary alicyclic amines) is 3. The third-order valence-corrected chi connectivity index (χ3v) is 13.0. The normalized spacial score (nSPS) is 20.3. The number of hydrogen-bond donors (Lipinski definition) is 0. The van der Waals surface area contributed by atoms with E-state index in [0.717, 1.165) is 56.3 Å². The number of amides is 1. The fourth-order valence-electron chi connectivity index (χ4n) is 7.20. The first kappa shape index (κ1) is 61.3. The molecule has 362 valence electrons. The van der Waals surface area contributed by atoms with Crippen molar-refractivity contribution in [2.24, 2.45) is 5.92 Å². The summed E-state index contributed by atoms with van der Waals surface area (Å²) < 4.78 is 0. The number of piperazine rings is 2. The van der Waals surface area contributed by atoms with Gasteiger partial charge < -0.3 is 29.4 Å². The van der Waals surface area contributed by atoms with Crippen LogP contribution in [0.4, 0.5) is 0 Å². The molecule has 0 N–H and O–H groups in total. The van der Waals surface area contributed by atoms with Gasteiger partial charge in [-0.15, -0.1) is 0 Å². The average Bonchev–Trinajstić information content (AvgIpc) is 3.62. The molecule has 5 saturated heterocycles.